The number of ether oxygens (including phenoxy) is 1. The van der Waals surface area contributed by atoms with Crippen LogP contribution in [-0.2, 0) is 11.3 Å². The number of morpholine rings is 1. The summed E-state index contributed by atoms with van der Waals surface area (Å²) in [6.07, 6.45) is 1.68. The van der Waals surface area contributed by atoms with Gasteiger partial charge in [-0.2, -0.15) is 5.26 Å². The van der Waals surface area contributed by atoms with Gasteiger partial charge < -0.3 is 24.7 Å². The Morgan fingerprint density at radius 1 is 1.27 bits per heavy atom. The number of aromatic nitrogens is 2. The lowest BCUT2D eigenvalue weighted by atomic mass is 10.1. The van der Waals surface area contributed by atoms with Crippen molar-refractivity contribution >= 4 is 10.9 Å². The number of rotatable bonds is 3. The molecule has 7 nitrogen and oxygen atoms in total. The van der Waals surface area contributed by atoms with Crippen molar-refractivity contribution in [1.29, 1.82) is 5.26 Å². The first kappa shape index (κ1) is 16.5. The van der Waals surface area contributed by atoms with E-state index in [9.17, 15) is 10.3 Å². The number of hydrogen-bond acceptors (Lipinski definition) is 5. The minimum absolute atomic E-state index is 0.0100. The third kappa shape index (κ3) is 3.02. The highest BCUT2D eigenvalue weighted by atomic mass is 16.6. The molecule has 0 saturated carbocycles. The zero-order chi connectivity index (χ0) is 18.1. The van der Waals surface area contributed by atoms with Crippen LogP contribution in [0.2, 0.25) is 0 Å². The van der Waals surface area contributed by atoms with Crippen molar-refractivity contribution in [3.63, 3.8) is 0 Å². The summed E-state index contributed by atoms with van der Waals surface area (Å²) in [5.41, 5.74) is 3.25. The Kier molecular flexibility index (Phi) is 4.09. The number of aromatic hydroxyl groups is 1. The van der Waals surface area contributed by atoms with Crippen LogP contribution in [0.1, 0.15) is 11.1 Å². The fourth-order valence-corrected chi connectivity index (χ4v) is 3.34. The van der Waals surface area contributed by atoms with Crippen LogP contribution in [0.4, 0.5) is 0 Å². The third-order valence-corrected chi connectivity index (χ3v) is 4.75. The maximum Gasteiger partial charge on any atom is 0.199 e. The molecule has 3 aromatic rings. The molecule has 1 aromatic carbocycles. The second kappa shape index (κ2) is 6.42. The first-order valence-corrected chi connectivity index (χ1v) is 8.43. The zero-order valence-electron chi connectivity index (χ0n) is 14.1. The van der Waals surface area contributed by atoms with E-state index in [1.54, 1.807) is 30.5 Å². The fourth-order valence-electron chi connectivity index (χ4n) is 3.34. The van der Waals surface area contributed by atoms with Gasteiger partial charge in [0.1, 0.15) is 19.6 Å². The summed E-state index contributed by atoms with van der Waals surface area (Å²) >= 11 is 0. The van der Waals surface area contributed by atoms with E-state index < -0.39 is 0 Å². The van der Waals surface area contributed by atoms with E-state index >= 15 is 0 Å². The summed E-state index contributed by atoms with van der Waals surface area (Å²) in [6, 6.07) is 10.9. The molecule has 2 N–H and O–H groups in total. The molecule has 0 spiro atoms. The number of hydrogen-bond donors (Lipinski definition) is 2. The largest absolute Gasteiger partial charge is 0.632 e. The Bertz CT molecular complexity index is 982. The predicted molar refractivity (Wildman–Crippen MR) is 95.8 cm³/mol. The first-order valence-electron chi connectivity index (χ1n) is 8.43. The van der Waals surface area contributed by atoms with Crippen molar-refractivity contribution in [1.82, 2.24) is 9.97 Å². The van der Waals surface area contributed by atoms with Gasteiger partial charge >= 0.3 is 0 Å². The number of pyridine rings is 1. The fraction of sp³-hybridized carbons (Fsp3) is 0.263. The molecule has 3 heterocycles. The molecule has 132 valence electrons. The van der Waals surface area contributed by atoms with E-state index in [0.717, 1.165) is 16.5 Å². The number of nitrogens with zero attached hydrogens (tertiary/aromatic N) is 3. The van der Waals surface area contributed by atoms with Crippen molar-refractivity contribution in [3.8, 4) is 23.2 Å². The van der Waals surface area contributed by atoms with Gasteiger partial charge in [0.15, 0.2) is 5.88 Å². The highest BCUT2D eigenvalue weighted by Gasteiger charge is 2.22. The van der Waals surface area contributed by atoms with Gasteiger partial charge in [-0.3, -0.25) is 4.98 Å². The molecule has 0 amide bonds. The molecule has 7 heteroatoms. The van der Waals surface area contributed by atoms with Crippen LogP contribution in [0.15, 0.2) is 36.5 Å². The molecular formula is C19H18N4O3. The Morgan fingerprint density at radius 2 is 2.08 bits per heavy atom. The second-order valence-corrected chi connectivity index (χ2v) is 6.55. The second-order valence-electron chi connectivity index (χ2n) is 6.55. The zero-order valence-corrected chi connectivity index (χ0v) is 14.1. The summed E-state index contributed by atoms with van der Waals surface area (Å²) in [6.45, 7) is 2.22. The van der Waals surface area contributed by atoms with Gasteiger partial charge in [-0.05, 0) is 30.3 Å². The van der Waals surface area contributed by atoms with Gasteiger partial charge in [-0.25, -0.2) is 0 Å². The van der Waals surface area contributed by atoms with Crippen molar-refractivity contribution in [3.05, 3.63) is 52.9 Å². The number of fused-ring (bicyclic) bond motifs is 1. The van der Waals surface area contributed by atoms with Crippen LogP contribution in [0, 0.1) is 16.5 Å². The normalized spacial score (nSPS) is 16.5. The smallest absolute Gasteiger partial charge is 0.199 e. The molecule has 0 aliphatic carbocycles. The number of nitrogens with one attached hydrogen (secondary N) is 1. The molecular weight excluding hydrogens is 332 g/mol. The van der Waals surface area contributed by atoms with Gasteiger partial charge in [0.25, 0.3) is 0 Å². The van der Waals surface area contributed by atoms with E-state index in [1.807, 2.05) is 6.07 Å². The van der Waals surface area contributed by atoms with Gasteiger partial charge in [0, 0.05) is 22.7 Å². The number of hydroxylamine groups is 3. The first-order chi connectivity index (χ1) is 12.6. The highest BCUT2D eigenvalue weighted by Crippen LogP contribution is 2.36. The highest BCUT2D eigenvalue weighted by molar-refractivity contribution is 5.98. The molecule has 1 aliphatic heterocycles. The lowest BCUT2D eigenvalue weighted by Gasteiger charge is -2.45. The minimum atomic E-state index is -0.301. The molecule has 1 fully saturated rings. The molecule has 0 radical (unpaired) electrons. The van der Waals surface area contributed by atoms with Crippen LogP contribution >= 0.6 is 0 Å². The summed E-state index contributed by atoms with van der Waals surface area (Å²) < 4.78 is 4.96. The van der Waals surface area contributed by atoms with Crippen molar-refractivity contribution in [2.75, 3.05) is 26.3 Å². The lowest BCUT2D eigenvalue weighted by Crippen LogP contribution is -2.49. The number of H-pyrrole nitrogens is 1. The van der Waals surface area contributed by atoms with Crippen LogP contribution in [0.5, 0.6) is 5.88 Å². The number of nitriles is 1. The van der Waals surface area contributed by atoms with E-state index in [1.165, 1.54) is 0 Å². The van der Waals surface area contributed by atoms with E-state index in [4.69, 9.17) is 10.00 Å². The van der Waals surface area contributed by atoms with E-state index in [0.29, 0.717) is 49.7 Å². The molecule has 26 heavy (non-hydrogen) atoms. The monoisotopic (exact) mass is 350 g/mol. The Hall–Kier alpha value is -2.92. The Balaban J connectivity index is 1.66. The van der Waals surface area contributed by atoms with Crippen molar-refractivity contribution in [2.45, 2.75) is 6.54 Å². The number of aromatic amines is 1. The van der Waals surface area contributed by atoms with Crippen LogP contribution in [-0.4, -0.2) is 46.0 Å². The van der Waals surface area contributed by atoms with Gasteiger partial charge in [-0.15, -0.1) is 0 Å². The molecule has 4 rings (SSSR count). The maximum atomic E-state index is 12.7. The summed E-state index contributed by atoms with van der Waals surface area (Å²) in [5, 5.41) is 32.8. The SMILES string of the molecule is N#Cc1ccc2[nH]c(O)c(-c3ccc(C[N+]4([O-])CCOCC4)cn3)c2c1. The number of quaternary nitrogens is 1. The summed E-state index contributed by atoms with van der Waals surface area (Å²) in [4.78, 5) is 7.34. The third-order valence-electron chi connectivity index (χ3n) is 4.75. The van der Waals surface area contributed by atoms with Gasteiger partial charge in [0.2, 0.25) is 0 Å². The van der Waals surface area contributed by atoms with Gasteiger partial charge in [0.05, 0.1) is 36.1 Å². The average molecular weight is 350 g/mol. The maximum absolute atomic E-state index is 12.7. The molecule has 0 unspecified atom stereocenters. The Morgan fingerprint density at radius 3 is 2.77 bits per heavy atom. The molecule has 0 atom stereocenters. The van der Waals surface area contributed by atoms with E-state index in [-0.39, 0.29) is 10.5 Å². The van der Waals surface area contributed by atoms with Crippen LogP contribution < -0.4 is 0 Å². The predicted octanol–water partition coefficient (Wildman–Crippen LogP) is 2.65. The molecule has 1 saturated heterocycles. The van der Waals surface area contributed by atoms with Gasteiger partial charge in [-0.1, -0.05) is 0 Å². The molecule has 0 bridgehead atoms. The number of benzene rings is 1. The summed E-state index contributed by atoms with van der Waals surface area (Å²) in [5.74, 6) is 0.0100. The summed E-state index contributed by atoms with van der Waals surface area (Å²) in [7, 11) is 0. The van der Waals surface area contributed by atoms with Crippen molar-refractivity contribution in [2.24, 2.45) is 0 Å². The van der Waals surface area contributed by atoms with Crippen LogP contribution in [0.25, 0.3) is 22.2 Å². The minimum Gasteiger partial charge on any atom is -0.632 e. The lowest BCUT2D eigenvalue weighted by molar-refractivity contribution is -0.901. The average Bonchev–Trinajstić information content (AvgIpc) is 2.97. The molecule has 2 aromatic heterocycles. The quantitative estimate of drug-likeness (QED) is 0.558. The van der Waals surface area contributed by atoms with E-state index in [2.05, 4.69) is 16.0 Å². The standard InChI is InChI=1S/C19H18N4O3/c20-10-13-1-3-16-15(9-13)18(19(24)22-16)17-4-2-14(11-21-17)12-23(25)5-7-26-8-6-23/h1-4,9,11,22,24H,5-8,12H2. The molecule has 1 aliphatic rings. The van der Waals surface area contributed by atoms with Crippen molar-refractivity contribution < 1.29 is 14.5 Å². The van der Waals surface area contributed by atoms with Crippen LogP contribution in [0.3, 0.4) is 0 Å². The topological polar surface area (TPSA) is 105 Å². The Labute approximate surface area is 150 Å².